The van der Waals surface area contributed by atoms with Gasteiger partial charge in [-0.05, 0) is 132 Å². The molecule has 11 aromatic rings. The maximum Gasteiger partial charge on any atom is 0.135 e. The molecule has 2 aliphatic rings. The summed E-state index contributed by atoms with van der Waals surface area (Å²) < 4.78 is 6.17. The molecule has 0 saturated carbocycles. The summed E-state index contributed by atoms with van der Waals surface area (Å²) in [6.45, 7) is 4.71. The van der Waals surface area contributed by atoms with Crippen LogP contribution in [0.5, 0.6) is 0 Å². The smallest absolute Gasteiger partial charge is 0.135 e. The average molecular weight is 844 g/mol. The van der Waals surface area contributed by atoms with E-state index in [1.807, 2.05) is 12.1 Å². The van der Waals surface area contributed by atoms with E-state index < -0.39 is 5.41 Å². The molecule has 13 rings (SSSR count). The summed E-state index contributed by atoms with van der Waals surface area (Å²) in [5.74, 6) is 0. The molecule has 2 heteroatoms. The maximum atomic E-state index is 6.17. The molecular weight excluding hydrogens is 799 g/mol. The van der Waals surface area contributed by atoms with Gasteiger partial charge in [-0.2, -0.15) is 0 Å². The first-order valence-corrected chi connectivity index (χ1v) is 23.0. The lowest BCUT2D eigenvalue weighted by atomic mass is 9.67. The molecule has 0 N–H and O–H groups in total. The number of rotatable bonds is 7. The highest BCUT2D eigenvalue weighted by atomic mass is 16.3. The molecule has 0 bridgehead atoms. The molecular formula is C64H45NO. The van der Waals surface area contributed by atoms with Gasteiger partial charge in [0, 0.05) is 33.2 Å². The van der Waals surface area contributed by atoms with Gasteiger partial charge in [-0.15, -0.1) is 0 Å². The van der Waals surface area contributed by atoms with Crippen LogP contribution in [-0.4, -0.2) is 0 Å². The fourth-order valence-corrected chi connectivity index (χ4v) is 11.5. The monoisotopic (exact) mass is 843 g/mol. The summed E-state index contributed by atoms with van der Waals surface area (Å²) in [4.78, 5) is 2.42. The Hall–Kier alpha value is -8.20. The minimum atomic E-state index is -0.452. The largest absolute Gasteiger partial charge is 0.456 e. The first-order valence-electron chi connectivity index (χ1n) is 23.0. The van der Waals surface area contributed by atoms with Crippen molar-refractivity contribution in [2.24, 2.45) is 0 Å². The van der Waals surface area contributed by atoms with Crippen molar-refractivity contribution < 1.29 is 4.42 Å². The third-order valence-corrected chi connectivity index (χ3v) is 14.6. The zero-order chi connectivity index (χ0) is 44.0. The average Bonchev–Trinajstić information content (AvgIpc) is 3.98. The van der Waals surface area contributed by atoms with Crippen LogP contribution in [0.15, 0.2) is 241 Å². The SMILES string of the molecule is CC1(C)c2ccccc2-c2ccc(N(c3ccc(-c4ccc5oc6ccccc6c5c4)cc3)c3ccc(-c4cccc5c4-c4ccccc4C5(c4ccccc4)c4ccccc4)cc3)cc21. The predicted octanol–water partition coefficient (Wildman–Crippen LogP) is 17.1. The van der Waals surface area contributed by atoms with E-state index in [0.717, 1.165) is 50.1 Å². The van der Waals surface area contributed by atoms with Gasteiger partial charge < -0.3 is 9.32 Å². The molecule has 0 spiro atoms. The first kappa shape index (κ1) is 38.3. The number of fused-ring (bicyclic) bond motifs is 9. The van der Waals surface area contributed by atoms with Gasteiger partial charge in [0.1, 0.15) is 11.2 Å². The van der Waals surface area contributed by atoms with Crippen molar-refractivity contribution in [3.8, 4) is 44.5 Å². The zero-order valence-electron chi connectivity index (χ0n) is 36.9. The van der Waals surface area contributed by atoms with E-state index >= 15 is 0 Å². The van der Waals surface area contributed by atoms with E-state index in [-0.39, 0.29) is 5.41 Å². The van der Waals surface area contributed by atoms with E-state index in [9.17, 15) is 0 Å². The van der Waals surface area contributed by atoms with E-state index in [1.165, 1.54) is 66.8 Å². The predicted molar refractivity (Wildman–Crippen MR) is 274 cm³/mol. The minimum Gasteiger partial charge on any atom is -0.456 e. The first-order chi connectivity index (χ1) is 32.5. The number of hydrogen-bond donors (Lipinski definition) is 0. The molecule has 10 aromatic carbocycles. The summed E-state index contributed by atoms with van der Waals surface area (Å²) in [7, 11) is 0. The summed E-state index contributed by atoms with van der Waals surface area (Å²) in [6, 6.07) is 87.0. The van der Waals surface area contributed by atoms with Gasteiger partial charge in [-0.25, -0.2) is 0 Å². The summed E-state index contributed by atoms with van der Waals surface area (Å²) in [5, 5.41) is 2.27. The summed E-state index contributed by atoms with van der Waals surface area (Å²) in [5.41, 5.74) is 22.4. The van der Waals surface area contributed by atoms with Gasteiger partial charge in [-0.1, -0.05) is 196 Å². The molecule has 0 saturated heterocycles. The van der Waals surface area contributed by atoms with Crippen LogP contribution in [0.25, 0.3) is 66.4 Å². The van der Waals surface area contributed by atoms with Crippen molar-refractivity contribution in [2.75, 3.05) is 4.90 Å². The Balaban J connectivity index is 0.941. The van der Waals surface area contributed by atoms with Crippen molar-refractivity contribution >= 4 is 39.0 Å². The fraction of sp³-hybridized carbons (Fsp3) is 0.0625. The fourth-order valence-electron chi connectivity index (χ4n) is 11.5. The summed E-state index contributed by atoms with van der Waals surface area (Å²) >= 11 is 0. The van der Waals surface area contributed by atoms with Gasteiger partial charge in [0.15, 0.2) is 0 Å². The maximum absolute atomic E-state index is 6.17. The molecule has 2 nitrogen and oxygen atoms in total. The lowest BCUT2D eigenvalue weighted by Crippen LogP contribution is -2.28. The van der Waals surface area contributed by atoms with Crippen molar-refractivity contribution in [3.05, 3.63) is 270 Å². The standard InChI is InChI=1S/C64H45NO/c1-63(2)56-24-12-9-20-51(56)52-38-37-49(41-59(52)63)65(47-33-28-42(29-34-47)44-32-39-61-55(40-44)53-21-11-14-27-60(53)66-61)48-35-30-43(31-36-48)50-23-15-26-58-62(50)54-22-10-13-25-57(54)64(58,45-16-5-3-6-17-45)46-18-7-4-8-19-46/h3-41H,1-2H3. The van der Waals surface area contributed by atoms with Crippen LogP contribution >= 0.6 is 0 Å². The van der Waals surface area contributed by atoms with Crippen molar-refractivity contribution in [2.45, 2.75) is 24.7 Å². The number of anilines is 3. The number of furan rings is 1. The third-order valence-electron chi connectivity index (χ3n) is 14.6. The van der Waals surface area contributed by atoms with E-state index in [2.05, 4.69) is 243 Å². The highest BCUT2D eigenvalue weighted by Crippen LogP contribution is 2.58. The molecule has 312 valence electrons. The van der Waals surface area contributed by atoms with Crippen molar-refractivity contribution in [1.29, 1.82) is 0 Å². The lowest BCUT2D eigenvalue weighted by Gasteiger charge is -2.34. The molecule has 0 fully saturated rings. The van der Waals surface area contributed by atoms with Gasteiger partial charge in [0.2, 0.25) is 0 Å². The second-order valence-electron chi connectivity index (χ2n) is 18.4. The molecule has 0 unspecified atom stereocenters. The van der Waals surface area contributed by atoms with Gasteiger partial charge >= 0.3 is 0 Å². The van der Waals surface area contributed by atoms with Crippen LogP contribution in [0.2, 0.25) is 0 Å². The second-order valence-corrected chi connectivity index (χ2v) is 18.4. The number of hydrogen-bond acceptors (Lipinski definition) is 2. The van der Waals surface area contributed by atoms with Crippen LogP contribution < -0.4 is 4.90 Å². The number of benzene rings is 10. The molecule has 2 aliphatic carbocycles. The highest BCUT2D eigenvalue weighted by molar-refractivity contribution is 6.06. The Morgan fingerprint density at radius 3 is 1.59 bits per heavy atom. The summed E-state index contributed by atoms with van der Waals surface area (Å²) in [6.07, 6.45) is 0. The quantitative estimate of drug-likeness (QED) is 0.159. The Bertz CT molecular complexity index is 3620. The Kier molecular flexibility index (Phi) is 8.51. The Labute approximate surface area is 385 Å². The normalized spacial score (nSPS) is 13.8. The van der Waals surface area contributed by atoms with Crippen molar-refractivity contribution in [1.82, 2.24) is 0 Å². The molecule has 0 atom stereocenters. The molecule has 1 aromatic heterocycles. The van der Waals surface area contributed by atoms with Crippen molar-refractivity contribution in [3.63, 3.8) is 0 Å². The third kappa shape index (κ3) is 5.61. The van der Waals surface area contributed by atoms with E-state index in [1.54, 1.807) is 0 Å². The zero-order valence-corrected chi connectivity index (χ0v) is 36.9. The van der Waals surface area contributed by atoms with Gasteiger partial charge in [0.25, 0.3) is 0 Å². The molecule has 1 heterocycles. The van der Waals surface area contributed by atoms with E-state index in [0.29, 0.717) is 0 Å². The minimum absolute atomic E-state index is 0.129. The Morgan fingerprint density at radius 1 is 0.333 bits per heavy atom. The second kappa shape index (κ2) is 14.7. The van der Waals surface area contributed by atoms with Crippen LogP contribution in [0.1, 0.15) is 47.2 Å². The highest BCUT2D eigenvalue weighted by Gasteiger charge is 2.46. The number of nitrogens with zero attached hydrogens (tertiary/aromatic N) is 1. The molecule has 66 heavy (non-hydrogen) atoms. The molecule has 0 radical (unpaired) electrons. The Morgan fingerprint density at radius 2 is 0.864 bits per heavy atom. The topological polar surface area (TPSA) is 16.4 Å². The number of para-hydroxylation sites is 1. The van der Waals surface area contributed by atoms with Crippen LogP contribution in [-0.2, 0) is 10.8 Å². The molecule has 0 aliphatic heterocycles. The molecule has 0 amide bonds. The van der Waals surface area contributed by atoms with Crippen LogP contribution in [0, 0.1) is 0 Å². The lowest BCUT2D eigenvalue weighted by molar-refractivity contribution is 0.660. The van der Waals surface area contributed by atoms with Crippen LogP contribution in [0.3, 0.4) is 0 Å². The van der Waals surface area contributed by atoms with Crippen LogP contribution in [0.4, 0.5) is 17.1 Å². The van der Waals surface area contributed by atoms with Gasteiger partial charge in [0.05, 0.1) is 5.41 Å². The van der Waals surface area contributed by atoms with Gasteiger partial charge in [-0.3, -0.25) is 0 Å². The van der Waals surface area contributed by atoms with E-state index in [4.69, 9.17) is 4.42 Å².